The van der Waals surface area contributed by atoms with Crippen molar-refractivity contribution in [2.45, 2.75) is 0 Å². The average Bonchev–Trinajstić information content (AvgIpc) is 2.32. The Morgan fingerprint density at radius 1 is 1.24 bits per heavy atom. The first-order chi connectivity index (χ1) is 8.16. The first kappa shape index (κ1) is 11.1. The van der Waals surface area contributed by atoms with Gasteiger partial charge < -0.3 is 10.3 Å². The predicted octanol–water partition coefficient (Wildman–Crippen LogP) is 1.77. The molecule has 0 saturated carbocycles. The standard InChI is InChI=1S/C12H9FN2O2/c13-9-4-1-3-8(7-9)11(16)15-10-5-2-6-14-12(10)17/h1-7H,(H,14,17)(H,15,16). The molecular formula is C12H9FN2O2. The molecule has 5 heteroatoms. The molecule has 0 unspecified atom stereocenters. The van der Waals surface area contributed by atoms with Gasteiger partial charge in [-0.1, -0.05) is 6.07 Å². The minimum Gasteiger partial charge on any atom is -0.327 e. The van der Waals surface area contributed by atoms with Crippen LogP contribution in [0.4, 0.5) is 10.1 Å². The van der Waals surface area contributed by atoms with E-state index >= 15 is 0 Å². The van der Waals surface area contributed by atoms with Crippen molar-refractivity contribution in [2.24, 2.45) is 0 Å². The number of pyridine rings is 1. The van der Waals surface area contributed by atoms with Crippen LogP contribution in [-0.4, -0.2) is 10.9 Å². The van der Waals surface area contributed by atoms with Crippen LogP contribution in [0.15, 0.2) is 47.4 Å². The number of H-pyrrole nitrogens is 1. The second-order valence-electron chi connectivity index (χ2n) is 3.38. The summed E-state index contributed by atoms with van der Waals surface area (Å²) >= 11 is 0. The second kappa shape index (κ2) is 4.61. The van der Waals surface area contributed by atoms with Crippen molar-refractivity contribution in [3.8, 4) is 0 Å². The molecule has 0 aliphatic rings. The molecule has 17 heavy (non-hydrogen) atoms. The molecule has 0 atom stereocenters. The smallest absolute Gasteiger partial charge is 0.271 e. The van der Waals surface area contributed by atoms with Crippen molar-refractivity contribution >= 4 is 11.6 Å². The summed E-state index contributed by atoms with van der Waals surface area (Å²) in [6, 6.07) is 8.30. The summed E-state index contributed by atoms with van der Waals surface area (Å²) < 4.78 is 12.9. The van der Waals surface area contributed by atoms with Gasteiger partial charge >= 0.3 is 0 Å². The molecule has 1 aromatic carbocycles. The van der Waals surface area contributed by atoms with Gasteiger partial charge in [0.2, 0.25) is 0 Å². The van der Waals surface area contributed by atoms with Crippen LogP contribution in [0, 0.1) is 5.82 Å². The number of aromatic amines is 1. The maximum absolute atomic E-state index is 12.9. The summed E-state index contributed by atoms with van der Waals surface area (Å²) in [6.07, 6.45) is 1.46. The Balaban J connectivity index is 2.23. The SMILES string of the molecule is O=C(Nc1ccc[nH]c1=O)c1cccc(F)c1. The summed E-state index contributed by atoms with van der Waals surface area (Å²) in [6.45, 7) is 0. The fourth-order valence-corrected chi connectivity index (χ4v) is 1.34. The van der Waals surface area contributed by atoms with Crippen LogP contribution in [0.1, 0.15) is 10.4 Å². The normalized spacial score (nSPS) is 9.94. The molecule has 0 spiro atoms. The Hall–Kier alpha value is -2.43. The van der Waals surface area contributed by atoms with Gasteiger partial charge in [-0.15, -0.1) is 0 Å². The molecule has 2 N–H and O–H groups in total. The molecular weight excluding hydrogens is 223 g/mol. The number of anilines is 1. The number of benzene rings is 1. The lowest BCUT2D eigenvalue weighted by Crippen LogP contribution is -2.19. The highest BCUT2D eigenvalue weighted by molar-refractivity contribution is 6.04. The van der Waals surface area contributed by atoms with Crippen molar-refractivity contribution in [2.75, 3.05) is 5.32 Å². The highest BCUT2D eigenvalue weighted by atomic mass is 19.1. The molecule has 2 rings (SSSR count). The number of aromatic nitrogens is 1. The van der Waals surface area contributed by atoms with E-state index in [2.05, 4.69) is 10.3 Å². The van der Waals surface area contributed by atoms with Crippen molar-refractivity contribution in [1.29, 1.82) is 0 Å². The van der Waals surface area contributed by atoms with E-state index in [1.165, 1.54) is 30.5 Å². The van der Waals surface area contributed by atoms with Gasteiger partial charge in [0.1, 0.15) is 11.5 Å². The molecule has 1 heterocycles. The van der Waals surface area contributed by atoms with Gasteiger partial charge in [-0.25, -0.2) is 4.39 Å². The summed E-state index contributed by atoms with van der Waals surface area (Å²) in [5.41, 5.74) is -0.118. The van der Waals surface area contributed by atoms with E-state index in [0.717, 1.165) is 6.07 Å². The first-order valence-corrected chi connectivity index (χ1v) is 4.91. The Bertz CT molecular complexity index is 607. The van der Waals surface area contributed by atoms with E-state index in [4.69, 9.17) is 0 Å². The van der Waals surface area contributed by atoms with E-state index in [1.807, 2.05) is 0 Å². The Labute approximate surface area is 96.1 Å². The number of carbonyl (C=O) groups is 1. The minimum absolute atomic E-state index is 0.127. The molecule has 0 radical (unpaired) electrons. The van der Waals surface area contributed by atoms with Crippen molar-refractivity contribution in [3.63, 3.8) is 0 Å². The fraction of sp³-hybridized carbons (Fsp3) is 0. The topological polar surface area (TPSA) is 62.0 Å². The van der Waals surface area contributed by atoms with Gasteiger partial charge in [0.05, 0.1) is 0 Å². The number of amides is 1. The first-order valence-electron chi connectivity index (χ1n) is 4.91. The highest BCUT2D eigenvalue weighted by Crippen LogP contribution is 2.06. The van der Waals surface area contributed by atoms with Gasteiger partial charge in [0, 0.05) is 11.8 Å². The average molecular weight is 232 g/mol. The molecule has 2 aromatic rings. The lowest BCUT2D eigenvalue weighted by atomic mass is 10.2. The Morgan fingerprint density at radius 2 is 2.06 bits per heavy atom. The molecule has 0 fully saturated rings. The van der Waals surface area contributed by atoms with E-state index in [1.54, 1.807) is 6.07 Å². The van der Waals surface area contributed by atoms with Crippen LogP contribution >= 0.6 is 0 Å². The lowest BCUT2D eigenvalue weighted by Gasteiger charge is -2.03. The molecule has 0 aliphatic heterocycles. The number of rotatable bonds is 2. The van der Waals surface area contributed by atoms with Crippen LogP contribution in [-0.2, 0) is 0 Å². The van der Waals surface area contributed by atoms with Crippen molar-refractivity contribution in [3.05, 3.63) is 64.3 Å². The third-order valence-corrected chi connectivity index (χ3v) is 2.15. The monoisotopic (exact) mass is 232 g/mol. The van der Waals surface area contributed by atoms with Crippen molar-refractivity contribution in [1.82, 2.24) is 4.98 Å². The third kappa shape index (κ3) is 2.57. The largest absolute Gasteiger partial charge is 0.327 e. The van der Waals surface area contributed by atoms with Crippen LogP contribution in [0.25, 0.3) is 0 Å². The van der Waals surface area contributed by atoms with E-state index in [0.29, 0.717) is 0 Å². The number of carbonyl (C=O) groups excluding carboxylic acids is 1. The van der Waals surface area contributed by atoms with Crippen molar-refractivity contribution < 1.29 is 9.18 Å². The third-order valence-electron chi connectivity index (χ3n) is 2.15. The van der Waals surface area contributed by atoms with Gasteiger partial charge in [-0.3, -0.25) is 9.59 Å². The van der Waals surface area contributed by atoms with Crippen LogP contribution in [0.5, 0.6) is 0 Å². The van der Waals surface area contributed by atoms with E-state index < -0.39 is 17.3 Å². The molecule has 0 aliphatic carbocycles. The fourth-order valence-electron chi connectivity index (χ4n) is 1.34. The highest BCUT2D eigenvalue weighted by Gasteiger charge is 2.08. The predicted molar refractivity (Wildman–Crippen MR) is 61.4 cm³/mol. The van der Waals surface area contributed by atoms with Gasteiger partial charge in [-0.2, -0.15) is 0 Å². The lowest BCUT2D eigenvalue weighted by molar-refractivity contribution is 0.102. The van der Waals surface area contributed by atoms with Gasteiger partial charge in [0.15, 0.2) is 0 Å². The van der Waals surface area contributed by atoms with Gasteiger partial charge in [-0.05, 0) is 30.3 Å². The minimum atomic E-state index is -0.527. The second-order valence-corrected chi connectivity index (χ2v) is 3.38. The number of hydrogen-bond donors (Lipinski definition) is 2. The quantitative estimate of drug-likeness (QED) is 0.828. The maximum Gasteiger partial charge on any atom is 0.271 e. The molecule has 86 valence electrons. The zero-order valence-corrected chi connectivity index (χ0v) is 8.74. The molecule has 0 saturated heterocycles. The summed E-state index contributed by atoms with van der Waals surface area (Å²) in [7, 11) is 0. The molecule has 0 bridgehead atoms. The Kier molecular flexibility index (Phi) is 3.00. The summed E-state index contributed by atoms with van der Waals surface area (Å²) in [5, 5.41) is 2.40. The zero-order valence-electron chi connectivity index (χ0n) is 8.74. The van der Waals surface area contributed by atoms with E-state index in [-0.39, 0.29) is 11.3 Å². The van der Waals surface area contributed by atoms with Gasteiger partial charge in [0.25, 0.3) is 11.5 Å². The summed E-state index contributed by atoms with van der Waals surface area (Å²) in [5.74, 6) is -1.03. The molecule has 1 aromatic heterocycles. The van der Waals surface area contributed by atoms with E-state index in [9.17, 15) is 14.0 Å². The number of nitrogens with one attached hydrogen (secondary N) is 2. The molecule has 4 nitrogen and oxygen atoms in total. The maximum atomic E-state index is 12.9. The zero-order chi connectivity index (χ0) is 12.3. The Morgan fingerprint density at radius 3 is 2.76 bits per heavy atom. The van der Waals surface area contributed by atoms with Crippen LogP contribution < -0.4 is 10.9 Å². The van der Waals surface area contributed by atoms with Crippen LogP contribution in [0.2, 0.25) is 0 Å². The number of halogens is 1. The summed E-state index contributed by atoms with van der Waals surface area (Å²) in [4.78, 5) is 25.4. The number of hydrogen-bond acceptors (Lipinski definition) is 2. The van der Waals surface area contributed by atoms with Crippen LogP contribution in [0.3, 0.4) is 0 Å². The molecule has 1 amide bonds.